The molecular formula is C15H21N3O. The minimum Gasteiger partial charge on any atom is -0.315 e. The van der Waals surface area contributed by atoms with E-state index < -0.39 is 5.41 Å². The van der Waals surface area contributed by atoms with Crippen LogP contribution in [-0.2, 0) is 11.2 Å². The van der Waals surface area contributed by atoms with Crippen molar-refractivity contribution in [2.75, 3.05) is 20.1 Å². The molecule has 0 unspecified atom stereocenters. The number of benzene rings is 1. The zero-order valence-corrected chi connectivity index (χ0v) is 10.5. The van der Waals surface area contributed by atoms with Crippen LogP contribution in [0.3, 0.4) is 0 Å². The van der Waals surface area contributed by atoms with Gasteiger partial charge in [-0.05, 0) is 12.0 Å². The number of fused-ring (bicyclic) bond motifs is 1. The number of rotatable bonds is 2. The molecule has 1 fully saturated rings. The zero-order valence-electron chi connectivity index (χ0n) is 10.5. The SMILES string of the molecule is C.CN1N=C2CCNC[C@@]2(Cc2ccccc2)C1=O. The fraction of sp³-hybridized carbons (Fsp3) is 0.467. The Kier molecular flexibility index (Phi) is 3.71. The predicted molar refractivity (Wildman–Crippen MR) is 77.0 cm³/mol. The maximum absolute atomic E-state index is 12.4. The van der Waals surface area contributed by atoms with Crippen molar-refractivity contribution in [2.45, 2.75) is 20.3 Å². The quantitative estimate of drug-likeness (QED) is 0.878. The lowest BCUT2D eigenvalue weighted by atomic mass is 9.74. The highest BCUT2D eigenvalue weighted by molar-refractivity contribution is 6.13. The van der Waals surface area contributed by atoms with Crippen molar-refractivity contribution in [3.8, 4) is 0 Å². The number of hydrogen-bond acceptors (Lipinski definition) is 3. The first kappa shape index (κ1) is 13.7. The van der Waals surface area contributed by atoms with E-state index in [0.717, 1.165) is 25.1 Å². The van der Waals surface area contributed by atoms with Crippen LogP contribution in [0, 0.1) is 5.41 Å². The molecule has 0 spiro atoms. The molecule has 1 atom stereocenters. The molecule has 1 aromatic carbocycles. The van der Waals surface area contributed by atoms with E-state index in [-0.39, 0.29) is 13.3 Å². The minimum absolute atomic E-state index is 0. The Bertz CT molecular complexity index is 497. The summed E-state index contributed by atoms with van der Waals surface area (Å²) >= 11 is 0. The first-order valence-electron chi connectivity index (χ1n) is 6.33. The van der Waals surface area contributed by atoms with Crippen molar-refractivity contribution >= 4 is 11.6 Å². The van der Waals surface area contributed by atoms with Gasteiger partial charge in [-0.25, -0.2) is 5.01 Å². The van der Waals surface area contributed by atoms with Crippen LogP contribution in [0.25, 0.3) is 0 Å². The van der Waals surface area contributed by atoms with Crippen molar-refractivity contribution in [2.24, 2.45) is 10.5 Å². The molecule has 2 aliphatic rings. The third-order valence-electron chi connectivity index (χ3n) is 3.84. The Balaban J connectivity index is 0.00000133. The van der Waals surface area contributed by atoms with Crippen molar-refractivity contribution in [3.05, 3.63) is 35.9 Å². The van der Waals surface area contributed by atoms with E-state index in [1.54, 1.807) is 7.05 Å². The Morgan fingerprint density at radius 3 is 2.84 bits per heavy atom. The summed E-state index contributed by atoms with van der Waals surface area (Å²) in [4.78, 5) is 12.4. The molecule has 2 aliphatic heterocycles. The third-order valence-corrected chi connectivity index (χ3v) is 3.84. The van der Waals surface area contributed by atoms with Gasteiger partial charge in [0.15, 0.2) is 0 Å². The molecule has 1 N–H and O–H groups in total. The summed E-state index contributed by atoms with van der Waals surface area (Å²) in [5.41, 5.74) is 1.78. The summed E-state index contributed by atoms with van der Waals surface area (Å²) in [6.07, 6.45) is 1.60. The molecular weight excluding hydrogens is 238 g/mol. The first-order valence-corrected chi connectivity index (χ1v) is 6.33. The molecule has 3 rings (SSSR count). The van der Waals surface area contributed by atoms with Crippen LogP contribution in [0.2, 0.25) is 0 Å². The van der Waals surface area contributed by atoms with Gasteiger partial charge in [0.2, 0.25) is 0 Å². The number of carbonyl (C=O) groups is 1. The number of hydrazone groups is 1. The summed E-state index contributed by atoms with van der Waals surface area (Å²) in [6, 6.07) is 10.2. The molecule has 4 nitrogen and oxygen atoms in total. The molecule has 4 heteroatoms. The van der Waals surface area contributed by atoms with Crippen molar-refractivity contribution in [1.29, 1.82) is 0 Å². The van der Waals surface area contributed by atoms with Crippen molar-refractivity contribution in [3.63, 3.8) is 0 Å². The van der Waals surface area contributed by atoms with Gasteiger partial charge in [0.05, 0.1) is 5.71 Å². The third kappa shape index (κ3) is 2.16. The molecule has 0 aliphatic carbocycles. The van der Waals surface area contributed by atoms with Gasteiger partial charge in [-0.15, -0.1) is 0 Å². The van der Waals surface area contributed by atoms with Crippen LogP contribution in [0.15, 0.2) is 35.4 Å². The molecule has 19 heavy (non-hydrogen) atoms. The second-order valence-corrected chi connectivity index (χ2v) is 5.05. The fourth-order valence-electron chi connectivity index (χ4n) is 2.92. The average Bonchev–Trinajstić information content (AvgIpc) is 2.64. The summed E-state index contributed by atoms with van der Waals surface area (Å²) in [7, 11) is 1.75. The number of nitrogens with one attached hydrogen (secondary N) is 1. The van der Waals surface area contributed by atoms with E-state index >= 15 is 0 Å². The molecule has 102 valence electrons. The van der Waals surface area contributed by atoms with Crippen LogP contribution in [0.1, 0.15) is 19.4 Å². The molecule has 2 heterocycles. The van der Waals surface area contributed by atoms with Gasteiger partial charge in [-0.3, -0.25) is 4.79 Å². The maximum atomic E-state index is 12.4. The topological polar surface area (TPSA) is 44.7 Å². The van der Waals surface area contributed by atoms with E-state index in [0.29, 0.717) is 6.54 Å². The lowest BCUT2D eigenvalue weighted by molar-refractivity contribution is -0.134. The highest BCUT2D eigenvalue weighted by Gasteiger charge is 2.50. The van der Waals surface area contributed by atoms with E-state index in [1.165, 1.54) is 10.6 Å². The Hall–Kier alpha value is -1.68. The fourth-order valence-corrected chi connectivity index (χ4v) is 2.92. The number of hydrogen-bond donors (Lipinski definition) is 1. The Labute approximate surface area is 114 Å². The predicted octanol–water partition coefficient (Wildman–Crippen LogP) is 1.67. The van der Waals surface area contributed by atoms with Crippen LogP contribution in [0.4, 0.5) is 0 Å². The summed E-state index contributed by atoms with van der Waals surface area (Å²) in [5, 5.41) is 9.27. The molecule has 0 saturated carbocycles. The molecule has 0 aromatic heterocycles. The minimum atomic E-state index is -0.450. The lowest BCUT2D eigenvalue weighted by Crippen LogP contribution is -2.52. The van der Waals surface area contributed by atoms with Crippen LogP contribution >= 0.6 is 0 Å². The summed E-state index contributed by atoms with van der Waals surface area (Å²) in [6.45, 7) is 1.61. The van der Waals surface area contributed by atoms with E-state index in [1.807, 2.05) is 18.2 Å². The zero-order chi connectivity index (χ0) is 12.6. The Morgan fingerprint density at radius 1 is 1.37 bits per heavy atom. The van der Waals surface area contributed by atoms with Crippen LogP contribution in [0.5, 0.6) is 0 Å². The van der Waals surface area contributed by atoms with Crippen LogP contribution < -0.4 is 5.32 Å². The normalized spacial score (nSPS) is 25.6. The van der Waals surface area contributed by atoms with Gasteiger partial charge in [-0.1, -0.05) is 37.8 Å². The first-order chi connectivity index (χ1) is 8.72. The standard InChI is InChI=1S/C14H17N3O.CH4/c1-17-13(18)14(9-11-5-3-2-4-6-11)10-15-8-7-12(14)16-17;/h2-6,15H,7-10H2,1H3;1H4/t14-;/m1./s1. The van der Waals surface area contributed by atoms with Gasteiger partial charge in [0, 0.05) is 26.6 Å². The highest BCUT2D eigenvalue weighted by Crippen LogP contribution is 2.35. The Morgan fingerprint density at radius 2 is 2.11 bits per heavy atom. The van der Waals surface area contributed by atoms with Gasteiger partial charge in [0.25, 0.3) is 5.91 Å². The van der Waals surface area contributed by atoms with E-state index in [2.05, 4.69) is 22.6 Å². The average molecular weight is 259 g/mol. The summed E-state index contributed by atoms with van der Waals surface area (Å²) < 4.78 is 0. The largest absolute Gasteiger partial charge is 0.315 e. The summed E-state index contributed by atoms with van der Waals surface area (Å²) in [5.74, 6) is 0.119. The molecule has 0 bridgehead atoms. The maximum Gasteiger partial charge on any atom is 0.256 e. The molecule has 1 amide bonds. The monoisotopic (exact) mass is 259 g/mol. The van der Waals surface area contributed by atoms with Crippen molar-refractivity contribution in [1.82, 2.24) is 10.3 Å². The van der Waals surface area contributed by atoms with Gasteiger partial charge in [0.1, 0.15) is 5.41 Å². The molecule has 0 radical (unpaired) electrons. The lowest BCUT2D eigenvalue weighted by Gasteiger charge is -2.33. The number of carbonyl (C=O) groups excluding carboxylic acids is 1. The molecule has 1 saturated heterocycles. The van der Waals surface area contributed by atoms with Gasteiger partial charge < -0.3 is 5.32 Å². The number of nitrogens with zero attached hydrogens (tertiary/aromatic N) is 2. The van der Waals surface area contributed by atoms with E-state index in [9.17, 15) is 4.79 Å². The molecule has 1 aromatic rings. The van der Waals surface area contributed by atoms with Crippen LogP contribution in [-0.4, -0.2) is 36.8 Å². The van der Waals surface area contributed by atoms with E-state index in [4.69, 9.17) is 0 Å². The number of amides is 1. The van der Waals surface area contributed by atoms with Gasteiger partial charge in [-0.2, -0.15) is 5.10 Å². The number of piperidine rings is 1. The van der Waals surface area contributed by atoms with Gasteiger partial charge >= 0.3 is 0 Å². The highest BCUT2D eigenvalue weighted by atomic mass is 16.2. The second-order valence-electron chi connectivity index (χ2n) is 5.05. The smallest absolute Gasteiger partial charge is 0.256 e. The second kappa shape index (κ2) is 5.13. The van der Waals surface area contributed by atoms with Crippen molar-refractivity contribution < 1.29 is 4.79 Å².